The summed E-state index contributed by atoms with van der Waals surface area (Å²) in [6, 6.07) is 7.60. The number of thiophene rings is 1. The van der Waals surface area contributed by atoms with Crippen LogP contribution in [0.5, 0.6) is 0 Å². The zero-order valence-electron chi connectivity index (χ0n) is 12.2. The van der Waals surface area contributed by atoms with Gasteiger partial charge in [-0.2, -0.15) is 13.2 Å². The normalized spacial score (nSPS) is 14.6. The van der Waals surface area contributed by atoms with E-state index in [-0.39, 0.29) is 0 Å². The number of aliphatic imine (C=N–C) groups is 1. The van der Waals surface area contributed by atoms with E-state index in [0.29, 0.717) is 6.42 Å². The highest BCUT2D eigenvalue weighted by atomic mass is 32.1. The van der Waals surface area contributed by atoms with Gasteiger partial charge in [-0.25, -0.2) is 0 Å². The Morgan fingerprint density at radius 2 is 1.86 bits per heavy atom. The Hall–Kier alpha value is -1.62. The number of hydrogen-bond donors (Lipinski definition) is 0. The van der Waals surface area contributed by atoms with Crippen molar-refractivity contribution in [1.29, 1.82) is 0 Å². The lowest BCUT2D eigenvalue weighted by molar-refractivity contribution is -0.137. The Bertz CT molecular complexity index is 696. The molecule has 0 amide bonds. The van der Waals surface area contributed by atoms with E-state index in [1.807, 2.05) is 11.3 Å². The molecule has 1 aliphatic rings. The highest BCUT2D eigenvalue weighted by molar-refractivity contribution is 7.12. The predicted molar refractivity (Wildman–Crippen MR) is 83.9 cm³/mol. The molecule has 0 saturated heterocycles. The molecule has 0 unspecified atom stereocenters. The zero-order chi connectivity index (χ0) is 15.7. The third kappa shape index (κ3) is 3.24. The fraction of sp³-hybridized carbons (Fsp3) is 0.353. The molecule has 0 fully saturated rings. The second-order valence-corrected chi connectivity index (χ2v) is 6.81. The van der Waals surface area contributed by atoms with Gasteiger partial charge in [0.25, 0.3) is 0 Å². The third-order valence-electron chi connectivity index (χ3n) is 3.82. The van der Waals surface area contributed by atoms with E-state index < -0.39 is 11.7 Å². The summed E-state index contributed by atoms with van der Waals surface area (Å²) in [7, 11) is 0. The molecule has 0 aliphatic carbocycles. The van der Waals surface area contributed by atoms with Gasteiger partial charge >= 0.3 is 6.18 Å². The van der Waals surface area contributed by atoms with E-state index in [0.717, 1.165) is 42.8 Å². The van der Waals surface area contributed by atoms with Crippen molar-refractivity contribution in [1.82, 2.24) is 0 Å². The first-order valence-corrected chi connectivity index (χ1v) is 8.04. The standard InChI is InChI=1S/C17H16F3NS/c1-11-10-14-15(21-9-8-16(14)22-11)7-4-12-2-5-13(6-3-12)17(18,19)20/h2-3,5-6,10H,4,7-9H2,1H3. The van der Waals surface area contributed by atoms with Gasteiger partial charge in [0.2, 0.25) is 0 Å². The van der Waals surface area contributed by atoms with Crippen molar-refractivity contribution in [3.05, 3.63) is 56.8 Å². The van der Waals surface area contributed by atoms with E-state index in [2.05, 4.69) is 18.0 Å². The molecule has 22 heavy (non-hydrogen) atoms. The summed E-state index contributed by atoms with van der Waals surface area (Å²) in [4.78, 5) is 7.27. The maximum atomic E-state index is 12.5. The lowest BCUT2D eigenvalue weighted by Gasteiger charge is -2.13. The van der Waals surface area contributed by atoms with E-state index in [1.165, 1.54) is 15.3 Å². The van der Waals surface area contributed by atoms with Crippen LogP contribution in [0.4, 0.5) is 13.2 Å². The van der Waals surface area contributed by atoms with Gasteiger partial charge in [-0.05, 0) is 43.5 Å². The minimum atomic E-state index is -4.27. The number of nitrogens with zero attached hydrogens (tertiary/aromatic N) is 1. The van der Waals surface area contributed by atoms with E-state index in [4.69, 9.17) is 0 Å². The average molecular weight is 323 g/mol. The Morgan fingerprint density at radius 1 is 1.14 bits per heavy atom. The van der Waals surface area contributed by atoms with Gasteiger partial charge in [-0.1, -0.05) is 12.1 Å². The largest absolute Gasteiger partial charge is 0.416 e. The average Bonchev–Trinajstić information content (AvgIpc) is 2.85. The number of halogens is 3. The number of rotatable bonds is 3. The molecule has 1 nitrogen and oxygen atoms in total. The number of hydrogen-bond acceptors (Lipinski definition) is 2. The third-order valence-corrected chi connectivity index (χ3v) is 4.93. The quantitative estimate of drug-likeness (QED) is 0.749. The SMILES string of the molecule is Cc1cc2c(s1)CCN=C2CCc1ccc(C(F)(F)F)cc1. The lowest BCUT2D eigenvalue weighted by Crippen LogP contribution is -2.11. The van der Waals surface area contributed by atoms with E-state index in [9.17, 15) is 13.2 Å². The fourth-order valence-corrected chi connectivity index (χ4v) is 3.75. The molecule has 3 rings (SSSR count). The summed E-state index contributed by atoms with van der Waals surface area (Å²) in [5.74, 6) is 0. The van der Waals surface area contributed by atoms with Crippen LogP contribution in [-0.2, 0) is 19.0 Å². The molecular weight excluding hydrogens is 307 g/mol. The number of aryl methyl sites for hydroxylation is 2. The monoisotopic (exact) mass is 323 g/mol. The molecule has 116 valence electrons. The zero-order valence-corrected chi connectivity index (χ0v) is 13.0. The van der Waals surface area contributed by atoms with Crippen LogP contribution in [-0.4, -0.2) is 12.3 Å². The van der Waals surface area contributed by atoms with Gasteiger partial charge < -0.3 is 0 Å². The molecular formula is C17H16F3NS. The summed E-state index contributed by atoms with van der Waals surface area (Å²) in [6.07, 6.45) is -1.79. The Balaban J connectivity index is 1.69. The number of alkyl halides is 3. The molecule has 0 saturated carbocycles. The van der Waals surface area contributed by atoms with Crippen LogP contribution >= 0.6 is 11.3 Å². The molecule has 2 heterocycles. The summed E-state index contributed by atoms with van der Waals surface area (Å²) in [5, 5.41) is 0. The molecule has 2 aromatic rings. The smallest absolute Gasteiger partial charge is 0.289 e. The van der Waals surface area contributed by atoms with Crippen molar-refractivity contribution in [2.75, 3.05) is 6.54 Å². The second-order valence-electron chi connectivity index (χ2n) is 5.47. The highest BCUT2D eigenvalue weighted by Crippen LogP contribution is 2.30. The molecule has 5 heteroatoms. The van der Waals surface area contributed by atoms with Crippen LogP contribution in [0.1, 0.15) is 32.9 Å². The van der Waals surface area contributed by atoms with Crippen molar-refractivity contribution in [3.8, 4) is 0 Å². The molecule has 0 atom stereocenters. The summed E-state index contributed by atoms with van der Waals surface area (Å²) < 4.78 is 37.6. The minimum absolute atomic E-state index is 0.595. The highest BCUT2D eigenvalue weighted by Gasteiger charge is 2.29. The first-order chi connectivity index (χ1) is 10.4. The molecule has 0 N–H and O–H groups in total. The predicted octanol–water partition coefficient (Wildman–Crippen LogP) is 5.05. The van der Waals surface area contributed by atoms with Gasteiger partial charge in [-0.15, -0.1) is 11.3 Å². The maximum Gasteiger partial charge on any atom is 0.416 e. The Kier molecular flexibility index (Phi) is 4.08. The van der Waals surface area contributed by atoms with Crippen molar-refractivity contribution < 1.29 is 13.2 Å². The van der Waals surface area contributed by atoms with E-state index in [1.54, 1.807) is 12.1 Å². The van der Waals surface area contributed by atoms with Crippen LogP contribution in [0.3, 0.4) is 0 Å². The molecule has 0 bridgehead atoms. The second kappa shape index (κ2) is 5.88. The van der Waals surface area contributed by atoms with Gasteiger partial charge in [0.1, 0.15) is 0 Å². The van der Waals surface area contributed by atoms with Crippen molar-refractivity contribution in [2.24, 2.45) is 4.99 Å². The summed E-state index contributed by atoms with van der Waals surface area (Å²) in [5.41, 5.74) is 2.64. The number of fused-ring (bicyclic) bond motifs is 1. The van der Waals surface area contributed by atoms with Gasteiger partial charge in [0.15, 0.2) is 0 Å². The van der Waals surface area contributed by atoms with Gasteiger partial charge in [-0.3, -0.25) is 4.99 Å². The van der Waals surface area contributed by atoms with Gasteiger partial charge in [0, 0.05) is 34.0 Å². The summed E-state index contributed by atoms with van der Waals surface area (Å²) >= 11 is 1.81. The molecule has 0 spiro atoms. The Labute approximate surface area is 131 Å². The maximum absolute atomic E-state index is 12.5. The van der Waals surface area contributed by atoms with Crippen molar-refractivity contribution >= 4 is 17.0 Å². The molecule has 1 aliphatic heterocycles. The minimum Gasteiger partial charge on any atom is -0.289 e. The van der Waals surface area contributed by atoms with Crippen molar-refractivity contribution in [3.63, 3.8) is 0 Å². The Morgan fingerprint density at radius 3 is 2.55 bits per heavy atom. The van der Waals surface area contributed by atoms with Crippen LogP contribution in [0.15, 0.2) is 35.3 Å². The van der Waals surface area contributed by atoms with Crippen LogP contribution in [0.2, 0.25) is 0 Å². The topological polar surface area (TPSA) is 12.4 Å². The summed E-state index contributed by atoms with van der Waals surface area (Å²) in [6.45, 7) is 2.91. The molecule has 1 aromatic heterocycles. The van der Waals surface area contributed by atoms with Crippen LogP contribution in [0, 0.1) is 6.92 Å². The fourth-order valence-electron chi connectivity index (χ4n) is 2.71. The van der Waals surface area contributed by atoms with Gasteiger partial charge in [0.05, 0.1) is 5.56 Å². The van der Waals surface area contributed by atoms with Crippen molar-refractivity contribution in [2.45, 2.75) is 32.4 Å². The lowest BCUT2D eigenvalue weighted by atomic mass is 9.99. The molecule has 1 aromatic carbocycles. The first kappa shape index (κ1) is 15.3. The van der Waals surface area contributed by atoms with Crippen LogP contribution < -0.4 is 0 Å². The van der Waals surface area contributed by atoms with E-state index >= 15 is 0 Å². The molecule has 0 radical (unpaired) electrons. The number of benzene rings is 1. The van der Waals surface area contributed by atoms with Crippen LogP contribution in [0.25, 0.3) is 0 Å². The first-order valence-electron chi connectivity index (χ1n) is 7.22.